The molecular formula is C15H20N4OS2. The van der Waals surface area contributed by atoms with Gasteiger partial charge in [-0.25, -0.2) is 0 Å². The van der Waals surface area contributed by atoms with Crippen LogP contribution in [-0.2, 0) is 4.79 Å². The summed E-state index contributed by atoms with van der Waals surface area (Å²) in [5.74, 6) is 0.391. The predicted molar refractivity (Wildman–Crippen MR) is 92.7 cm³/mol. The van der Waals surface area contributed by atoms with E-state index in [1.165, 1.54) is 23.1 Å². The van der Waals surface area contributed by atoms with Crippen molar-refractivity contribution in [3.63, 3.8) is 0 Å². The third-order valence-corrected chi connectivity index (χ3v) is 5.23. The summed E-state index contributed by atoms with van der Waals surface area (Å²) in [5, 5.41) is 11.8. The Labute approximate surface area is 139 Å². The van der Waals surface area contributed by atoms with Crippen molar-refractivity contribution < 1.29 is 4.79 Å². The fourth-order valence-electron chi connectivity index (χ4n) is 1.83. The Balaban J connectivity index is 1.73. The van der Waals surface area contributed by atoms with E-state index in [2.05, 4.69) is 39.5 Å². The molecule has 7 heteroatoms. The van der Waals surface area contributed by atoms with Crippen LogP contribution in [0.15, 0.2) is 34.7 Å². The predicted octanol–water partition coefficient (Wildman–Crippen LogP) is 2.58. The molecule has 1 aromatic carbocycles. The molecule has 1 aromatic heterocycles. The summed E-state index contributed by atoms with van der Waals surface area (Å²) in [5.41, 5.74) is 1.14. The van der Waals surface area contributed by atoms with Crippen LogP contribution in [0.5, 0.6) is 0 Å². The number of aromatic nitrogens is 2. The van der Waals surface area contributed by atoms with Crippen molar-refractivity contribution in [3.05, 3.63) is 35.3 Å². The van der Waals surface area contributed by atoms with Crippen molar-refractivity contribution in [2.24, 2.45) is 0 Å². The van der Waals surface area contributed by atoms with Gasteiger partial charge in [0, 0.05) is 25.3 Å². The molecule has 1 amide bonds. The molecule has 0 unspecified atom stereocenters. The van der Waals surface area contributed by atoms with E-state index in [1.54, 1.807) is 0 Å². The number of hydrogen-bond acceptors (Lipinski definition) is 6. The average molecular weight is 336 g/mol. The van der Waals surface area contributed by atoms with E-state index in [4.69, 9.17) is 0 Å². The van der Waals surface area contributed by atoms with Gasteiger partial charge < -0.3 is 10.2 Å². The second-order valence-electron chi connectivity index (χ2n) is 4.98. The van der Waals surface area contributed by atoms with Gasteiger partial charge in [0.15, 0.2) is 4.34 Å². The number of likely N-dealkylation sites (N-methyl/N-ethyl adjacent to an activating group) is 1. The molecule has 1 N–H and O–H groups in total. The number of anilines is 1. The molecule has 0 aliphatic carbocycles. The maximum atomic E-state index is 11.9. The van der Waals surface area contributed by atoms with Crippen molar-refractivity contribution in [2.45, 2.75) is 24.2 Å². The maximum absolute atomic E-state index is 11.9. The summed E-state index contributed by atoms with van der Waals surface area (Å²) in [4.78, 5) is 14.0. The minimum Gasteiger partial charge on any atom is -0.370 e. The molecule has 1 atom stereocenters. The first-order valence-electron chi connectivity index (χ1n) is 7.03. The number of nitrogens with one attached hydrogen (secondary N) is 1. The number of carbonyl (C=O) groups is 1. The highest BCUT2D eigenvalue weighted by Gasteiger charge is 2.12. The summed E-state index contributed by atoms with van der Waals surface area (Å²) >= 11 is 2.93. The minimum atomic E-state index is 0.0196. The zero-order valence-electron chi connectivity index (χ0n) is 12.9. The molecule has 0 radical (unpaired) electrons. The number of thioether (sulfide) groups is 1. The van der Waals surface area contributed by atoms with Crippen molar-refractivity contribution in [2.75, 3.05) is 24.2 Å². The zero-order chi connectivity index (χ0) is 15.9. The van der Waals surface area contributed by atoms with Crippen molar-refractivity contribution in [1.82, 2.24) is 15.5 Å². The Hall–Kier alpha value is -1.60. The fourth-order valence-corrected chi connectivity index (χ4v) is 3.48. The Kier molecular flexibility index (Phi) is 6.21. The van der Waals surface area contributed by atoms with Gasteiger partial charge >= 0.3 is 0 Å². The van der Waals surface area contributed by atoms with Crippen LogP contribution in [0.2, 0.25) is 0 Å². The molecule has 22 heavy (non-hydrogen) atoms. The highest BCUT2D eigenvalue weighted by molar-refractivity contribution is 8.01. The number of rotatable bonds is 7. The van der Waals surface area contributed by atoms with Crippen LogP contribution < -0.4 is 10.2 Å². The molecule has 2 aromatic rings. The molecule has 0 saturated carbocycles. The number of aryl methyl sites for hydroxylation is 1. The summed E-state index contributed by atoms with van der Waals surface area (Å²) in [7, 11) is 2.03. The Morgan fingerprint density at radius 2 is 2.09 bits per heavy atom. The smallest absolute Gasteiger partial charge is 0.230 e. The van der Waals surface area contributed by atoms with Gasteiger partial charge in [0.05, 0.1) is 5.75 Å². The summed E-state index contributed by atoms with van der Waals surface area (Å²) < 4.78 is 0.835. The highest BCUT2D eigenvalue weighted by atomic mass is 32.2. The van der Waals surface area contributed by atoms with E-state index in [9.17, 15) is 4.79 Å². The van der Waals surface area contributed by atoms with Gasteiger partial charge in [-0.2, -0.15) is 0 Å². The molecule has 0 fully saturated rings. The van der Waals surface area contributed by atoms with Crippen molar-refractivity contribution in [3.8, 4) is 0 Å². The van der Waals surface area contributed by atoms with E-state index in [0.717, 1.165) is 15.0 Å². The number of nitrogens with zero attached hydrogens (tertiary/aromatic N) is 3. The average Bonchev–Trinajstić information content (AvgIpc) is 2.96. The zero-order valence-corrected chi connectivity index (χ0v) is 14.6. The number of para-hydroxylation sites is 1. The molecule has 0 saturated heterocycles. The molecule has 118 valence electrons. The lowest BCUT2D eigenvalue weighted by Gasteiger charge is -2.27. The van der Waals surface area contributed by atoms with Gasteiger partial charge in [-0.1, -0.05) is 41.3 Å². The normalized spacial score (nSPS) is 12.0. The van der Waals surface area contributed by atoms with Crippen LogP contribution >= 0.6 is 23.1 Å². The standard InChI is InChI=1S/C15H20N4OS2/c1-11(19(3)13-7-5-4-6-8-13)9-16-14(20)10-21-15-18-17-12(2)22-15/h4-8,11H,9-10H2,1-3H3,(H,16,20)/t11-/m0/s1. The van der Waals surface area contributed by atoms with Crippen molar-refractivity contribution in [1.29, 1.82) is 0 Å². The number of hydrogen-bond donors (Lipinski definition) is 1. The van der Waals surface area contributed by atoms with Gasteiger partial charge in [-0.15, -0.1) is 10.2 Å². The lowest BCUT2D eigenvalue weighted by atomic mass is 10.2. The lowest BCUT2D eigenvalue weighted by molar-refractivity contribution is -0.118. The second kappa shape index (κ2) is 8.14. The maximum Gasteiger partial charge on any atom is 0.230 e. The summed E-state index contributed by atoms with van der Waals surface area (Å²) in [6, 6.07) is 10.4. The van der Waals surface area contributed by atoms with Crippen LogP contribution in [0.25, 0.3) is 0 Å². The van der Waals surface area contributed by atoms with E-state index < -0.39 is 0 Å². The Morgan fingerprint density at radius 3 is 2.73 bits per heavy atom. The first-order valence-corrected chi connectivity index (χ1v) is 8.84. The van der Waals surface area contributed by atoms with Gasteiger partial charge in [0.25, 0.3) is 0 Å². The second-order valence-corrected chi connectivity index (χ2v) is 7.38. The van der Waals surface area contributed by atoms with Gasteiger partial charge in [0.1, 0.15) is 5.01 Å². The number of amides is 1. The van der Waals surface area contributed by atoms with E-state index in [1.807, 2.05) is 32.2 Å². The first-order chi connectivity index (χ1) is 10.6. The summed E-state index contributed by atoms with van der Waals surface area (Å²) in [6.45, 7) is 4.61. The van der Waals surface area contributed by atoms with Crippen LogP contribution in [0.1, 0.15) is 11.9 Å². The topological polar surface area (TPSA) is 58.1 Å². The monoisotopic (exact) mass is 336 g/mol. The van der Waals surface area contributed by atoms with E-state index in [0.29, 0.717) is 12.3 Å². The van der Waals surface area contributed by atoms with Gasteiger partial charge in [0.2, 0.25) is 5.91 Å². The van der Waals surface area contributed by atoms with Gasteiger partial charge in [-0.05, 0) is 26.0 Å². The number of carbonyl (C=O) groups excluding carboxylic acids is 1. The third-order valence-electron chi connectivity index (χ3n) is 3.25. The van der Waals surface area contributed by atoms with Crippen LogP contribution in [0, 0.1) is 6.92 Å². The molecule has 0 spiro atoms. The molecule has 5 nitrogen and oxygen atoms in total. The molecule has 0 aliphatic rings. The Bertz CT molecular complexity index is 603. The molecular weight excluding hydrogens is 316 g/mol. The van der Waals surface area contributed by atoms with E-state index >= 15 is 0 Å². The van der Waals surface area contributed by atoms with Crippen LogP contribution in [0.4, 0.5) is 5.69 Å². The Morgan fingerprint density at radius 1 is 1.36 bits per heavy atom. The van der Waals surface area contributed by atoms with Crippen molar-refractivity contribution >= 4 is 34.7 Å². The van der Waals surface area contributed by atoms with E-state index in [-0.39, 0.29) is 11.9 Å². The fraction of sp³-hybridized carbons (Fsp3) is 0.400. The van der Waals surface area contributed by atoms with Crippen LogP contribution in [-0.4, -0.2) is 41.5 Å². The SMILES string of the molecule is Cc1nnc(SCC(=O)NC[C@H](C)N(C)c2ccccc2)s1. The largest absolute Gasteiger partial charge is 0.370 e. The van der Waals surface area contributed by atoms with Gasteiger partial charge in [-0.3, -0.25) is 4.79 Å². The number of benzene rings is 1. The minimum absolute atomic E-state index is 0.0196. The summed E-state index contributed by atoms with van der Waals surface area (Å²) in [6.07, 6.45) is 0. The molecule has 0 bridgehead atoms. The molecule has 1 heterocycles. The molecule has 2 rings (SSSR count). The first kappa shape index (κ1) is 16.8. The quantitative estimate of drug-likeness (QED) is 0.788. The molecule has 0 aliphatic heterocycles. The lowest BCUT2D eigenvalue weighted by Crippen LogP contribution is -2.40. The highest BCUT2D eigenvalue weighted by Crippen LogP contribution is 2.21. The third kappa shape index (κ3) is 4.99. The van der Waals surface area contributed by atoms with Crippen LogP contribution in [0.3, 0.4) is 0 Å².